The highest BCUT2D eigenvalue weighted by molar-refractivity contribution is 6.03. The zero-order valence-corrected chi connectivity index (χ0v) is 16.5. The van der Waals surface area contributed by atoms with E-state index in [2.05, 4.69) is 45.3 Å². The number of ether oxygens (including phenoxy) is 1. The van der Waals surface area contributed by atoms with Gasteiger partial charge in [0.15, 0.2) is 0 Å². The second-order valence-electron chi connectivity index (χ2n) is 6.68. The van der Waals surface area contributed by atoms with E-state index in [-0.39, 0.29) is 11.6 Å². The molecule has 0 aliphatic rings. The Morgan fingerprint density at radius 3 is 2.41 bits per heavy atom. The predicted molar refractivity (Wildman–Crippen MR) is 112 cm³/mol. The molecule has 2 aromatic carbocycles. The van der Waals surface area contributed by atoms with Gasteiger partial charge in [-0.2, -0.15) is 0 Å². The zero-order valence-electron chi connectivity index (χ0n) is 16.5. The highest BCUT2D eigenvalue weighted by Crippen LogP contribution is 2.26. The van der Waals surface area contributed by atoms with E-state index in [9.17, 15) is 9.59 Å². The van der Waals surface area contributed by atoms with E-state index >= 15 is 0 Å². The van der Waals surface area contributed by atoms with E-state index in [0.29, 0.717) is 23.0 Å². The van der Waals surface area contributed by atoms with E-state index in [1.807, 2.05) is 18.2 Å². The Balaban J connectivity index is 1.74. The molecule has 3 aromatic rings. The maximum absolute atomic E-state index is 12.5. The predicted octanol–water partition coefficient (Wildman–Crippen LogP) is 4.38. The molecule has 0 saturated carbocycles. The molecular weight excluding hydrogens is 368 g/mol. The molecule has 1 aromatic heterocycles. The minimum atomic E-state index is -0.434. The fourth-order valence-corrected chi connectivity index (χ4v) is 2.80. The van der Waals surface area contributed by atoms with Gasteiger partial charge in [0.2, 0.25) is 0 Å². The number of carbonyl (C=O) groups is 2. The summed E-state index contributed by atoms with van der Waals surface area (Å²) in [5.74, 6) is 0.0602. The topological polar surface area (TPSA) is 93.2 Å². The minimum absolute atomic E-state index is 0.224. The second kappa shape index (κ2) is 8.97. The van der Waals surface area contributed by atoms with Gasteiger partial charge in [-0.15, -0.1) is 0 Å². The maximum Gasteiger partial charge on any atom is 0.337 e. The van der Waals surface area contributed by atoms with Gasteiger partial charge in [-0.3, -0.25) is 4.79 Å². The van der Waals surface area contributed by atoms with E-state index in [0.717, 1.165) is 11.3 Å². The standard InChI is InChI=1S/C22H22N4O3/c1-14(2)17-6-4-5-7-18(17)26-20-12-19(23-13-24-20)21(27)25-16-10-8-15(9-11-16)22(28)29-3/h4-14H,1-3H3,(H,25,27)(H,23,24,26). The normalized spacial score (nSPS) is 10.5. The van der Waals surface area contributed by atoms with Crippen molar-refractivity contribution in [2.75, 3.05) is 17.7 Å². The van der Waals surface area contributed by atoms with E-state index in [1.54, 1.807) is 30.3 Å². The summed E-state index contributed by atoms with van der Waals surface area (Å²) in [4.78, 5) is 32.3. The number of para-hydroxylation sites is 1. The zero-order chi connectivity index (χ0) is 20.8. The van der Waals surface area contributed by atoms with Crippen molar-refractivity contribution < 1.29 is 14.3 Å². The Bertz CT molecular complexity index is 1020. The van der Waals surface area contributed by atoms with Crippen LogP contribution in [0.15, 0.2) is 60.9 Å². The Labute approximate surface area is 169 Å². The number of nitrogens with zero attached hydrogens (tertiary/aromatic N) is 2. The third kappa shape index (κ3) is 4.95. The quantitative estimate of drug-likeness (QED) is 0.607. The van der Waals surface area contributed by atoms with E-state index < -0.39 is 5.97 Å². The molecule has 29 heavy (non-hydrogen) atoms. The van der Waals surface area contributed by atoms with Crippen LogP contribution in [0.25, 0.3) is 0 Å². The van der Waals surface area contributed by atoms with Crippen LogP contribution in [-0.2, 0) is 4.74 Å². The highest BCUT2D eigenvalue weighted by Gasteiger charge is 2.12. The van der Waals surface area contributed by atoms with Crippen molar-refractivity contribution in [3.8, 4) is 0 Å². The molecule has 0 fully saturated rings. The summed E-state index contributed by atoms with van der Waals surface area (Å²) < 4.78 is 4.66. The maximum atomic E-state index is 12.5. The molecule has 7 heteroatoms. The van der Waals surface area contributed by atoms with Crippen LogP contribution < -0.4 is 10.6 Å². The van der Waals surface area contributed by atoms with Crippen LogP contribution in [0.5, 0.6) is 0 Å². The van der Waals surface area contributed by atoms with Crippen LogP contribution in [-0.4, -0.2) is 29.0 Å². The van der Waals surface area contributed by atoms with Gasteiger partial charge in [0, 0.05) is 17.4 Å². The van der Waals surface area contributed by atoms with Crippen molar-refractivity contribution in [3.05, 3.63) is 77.7 Å². The summed E-state index contributed by atoms with van der Waals surface area (Å²) in [6.07, 6.45) is 1.34. The summed E-state index contributed by atoms with van der Waals surface area (Å²) in [5, 5.41) is 6.01. The van der Waals surface area contributed by atoms with Crippen molar-refractivity contribution in [2.24, 2.45) is 0 Å². The van der Waals surface area contributed by atoms with Crippen LogP contribution in [0.2, 0.25) is 0 Å². The average molecular weight is 390 g/mol. The molecule has 1 amide bonds. The number of hydrogen-bond donors (Lipinski definition) is 2. The number of aromatic nitrogens is 2. The lowest BCUT2D eigenvalue weighted by Crippen LogP contribution is -2.14. The number of hydrogen-bond acceptors (Lipinski definition) is 6. The lowest BCUT2D eigenvalue weighted by Gasteiger charge is -2.14. The number of rotatable bonds is 6. The molecule has 3 rings (SSSR count). The Morgan fingerprint density at radius 1 is 1.00 bits per heavy atom. The molecule has 148 valence electrons. The molecule has 1 heterocycles. The Hall–Kier alpha value is -3.74. The largest absolute Gasteiger partial charge is 0.465 e. The van der Waals surface area contributed by atoms with Gasteiger partial charge in [-0.25, -0.2) is 14.8 Å². The van der Waals surface area contributed by atoms with Gasteiger partial charge in [-0.05, 0) is 41.8 Å². The van der Waals surface area contributed by atoms with E-state index in [4.69, 9.17) is 0 Å². The summed E-state index contributed by atoms with van der Waals surface area (Å²) in [5.41, 5.74) is 3.26. The SMILES string of the molecule is COC(=O)c1ccc(NC(=O)c2cc(Nc3ccccc3C(C)C)ncn2)cc1. The number of anilines is 3. The second-order valence-corrected chi connectivity index (χ2v) is 6.68. The first-order chi connectivity index (χ1) is 14.0. The van der Waals surface area contributed by atoms with Crippen LogP contribution in [0.1, 0.15) is 46.2 Å². The lowest BCUT2D eigenvalue weighted by atomic mass is 10.0. The number of carbonyl (C=O) groups excluding carboxylic acids is 2. The fourth-order valence-electron chi connectivity index (χ4n) is 2.80. The average Bonchev–Trinajstić information content (AvgIpc) is 2.74. The molecule has 0 aliphatic heterocycles. The van der Waals surface area contributed by atoms with Gasteiger partial charge in [0.05, 0.1) is 12.7 Å². The Kier molecular flexibility index (Phi) is 6.19. The monoisotopic (exact) mass is 390 g/mol. The first kappa shape index (κ1) is 20.0. The van der Waals surface area contributed by atoms with Gasteiger partial charge in [-0.1, -0.05) is 32.0 Å². The van der Waals surface area contributed by atoms with Gasteiger partial charge < -0.3 is 15.4 Å². The summed E-state index contributed by atoms with van der Waals surface area (Å²) >= 11 is 0. The molecule has 7 nitrogen and oxygen atoms in total. The van der Waals surface area contributed by atoms with Crippen molar-refractivity contribution in [1.29, 1.82) is 0 Å². The summed E-state index contributed by atoms with van der Waals surface area (Å²) in [7, 11) is 1.32. The van der Waals surface area contributed by atoms with Crippen LogP contribution in [0.3, 0.4) is 0 Å². The van der Waals surface area contributed by atoms with Crippen LogP contribution in [0, 0.1) is 0 Å². The van der Waals surface area contributed by atoms with E-state index in [1.165, 1.54) is 13.4 Å². The van der Waals surface area contributed by atoms with Gasteiger partial charge in [0.25, 0.3) is 5.91 Å². The first-order valence-electron chi connectivity index (χ1n) is 9.15. The lowest BCUT2D eigenvalue weighted by molar-refractivity contribution is 0.0600. The minimum Gasteiger partial charge on any atom is -0.465 e. The van der Waals surface area contributed by atoms with Crippen LogP contribution >= 0.6 is 0 Å². The number of amides is 1. The van der Waals surface area contributed by atoms with Crippen molar-refractivity contribution in [3.63, 3.8) is 0 Å². The summed E-state index contributed by atoms with van der Waals surface area (Å²) in [6, 6.07) is 16.0. The molecule has 0 aliphatic carbocycles. The summed E-state index contributed by atoms with van der Waals surface area (Å²) in [6.45, 7) is 4.23. The van der Waals surface area contributed by atoms with Crippen molar-refractivity contribution >= 4 is 29.1 Å². The third-order valence-electron chi connectivity index (χ3n) is 4.31. The molecule has 0 spiro atoms. The van der Waals surface area contributed by atoms with Crippen LogP contribution in [0.4, 0.5) is 17.2 Å². The molecular formula is C22H22N4O3. The molecule has 0 atom stereocenters. The molecule has 0 unspecified atom stereocenters. The molecule has 0 bridgehead atoms. The molecule has 2 N–H and O–H groups in total. The number of benzene rings is 2. The number of methoxy groups -OCH3 is 1. The first-order valence-corrected chi connectivity index (χ1v) is 9.15. The number of esters is 1. The molecule has 0 saturated heterocycles. The van der Waals surface area contributed by atoms with Gasteiger partial charge >= 0.3 is 5.97 Å². The third-order valence-corrected chi connectivity index (χ3v) is 4.31. The number of nitrogens with one attached hydrogen (secondary N) is 2. The Morgan fingerprint density at radius 2 is 1.72 bits per heavy atom. The van der Waals surface area contributed by atoms with Gasteiger partial charge in [0.1, 0.15) is 17.8 Å². The van der Waals surface area contributed by atoms with Crippen molar-refractivity contribution in [2.45, 2.75) is 19.8 Å². The highest BCUT2D eigenvalue weighted by atomic mass is 16.5. The van der Waals surface area contributed by atoms with Crippen molar-refractivity contribution in [1.82, 2.24) is 9.97 Å². The smallest absolute Gasteiger partial charge is 0.337 e. The fraction of sp³-hybridized carbons (Fsp3) is 0.182. The molecule has 0 radical (unpaired) electrons.